The van der Waals surface area contributed by atoms with Gasteiger partial charge in [-0.25, -0.2) is 17.5 Å². The summed E-state index contributed by atoms with van der Waals surface area (Å²) >= 11 is 6.60. The second kappa shape index (κ2) is 6.87. The zero-order valence-corrected chi connectivity index (χ0v) is 14.5. The molecule has 3 N–H and O–H groups in total. The fraction of sp³-hybridized carbons (Fsp3) is 0.455. The van der Waals surface area contributed by atoms with Crippen LogP contribution in [0.5, 0.6) is 0 Å². The highest BCUT2D eigenvalue weighted by Gasteiger charge is 2.23. The van der Waals surface area contributed by atoms with E-state index in [0.29, 0.717) is 11.0 Å². The maximum atomic E-state index is 13.8. The highest BCUT2D eigenvalue weighted by molar-refractivity contribution is 9.10. The summed E-state index contributed by atoms with van der Waals surface area (Å²) in [4.78, 5) is -0.410. The molecular weight excluding hydrogens is 387 g/mol. The molecule has 0 bridgehead atoms. The Labute approximate surface area is 134 Å². The van der Waals surface area contributed by atoms with E-state index in [0.717, 1.165) is 29.4 Å². The van der Waals surface area contributed by atoms with E-state index in [1.165, 1.54) is 0 Å². The number of benzene rings is 1. The van der Waals surface area contributed by atoms with E-state index in [1.807, 2.05) is 0 Å². The molecule has 1 fully saturated rings. The molecule has 0 spiro atoms. The van der Waals surface area contributed by atoms with Crippen molar-refractivity contribution >= 4 is 55.2 Å². The zero-order chi connectivity index (χ0) is 14.8. The predicted octanol–water partition coefficient (Wildman–Crippen LogP) is 2.30. The van der Waals surface area contributed by atoms with E-state index in [1.54, 1.807) is 23.5 Å². The highest BCUT2D eigenvalue weighted by Crippen LogP contribution is 2.27. The van der Waals surface area contributed by atoms with E-state index >= 15 is 0 Å². The van der Waals surface area contributed by atoms with Gasteiger partial charge in [0.05, 0.1) is 0 Å². The summed E-state index contributed by atoms with van der Waals surface area (Å²) < 4.78 is 40.8. The third kappa shape index (κ3) is 4.03. The standard InChI is InChI=1S/C11H14BrFN2O2S3/c12-8-3-9(13)11(4-10(8)14)20(16,17)15-5-7-6-18-1-2-19-7/h3-4,7,15H,1-2,5-6,14H2. The molecule has 0 radical (unpaired) electrons. The summed E-state index contributed by atoms with van der Waals surface area (Å²) in [6, 6.07) is 2.19. The molecule has 1 atom stereocenters. The molecule has 112 valence electrons. The SMILES string of the molecule is Nc1cc(S(=O)(=O)NCC2CSCCS2)c(F)cc1Br. The summed E-state index contributed by atoms with van der Waals surface area (Å²) in [6.07, 6.45) is 0. The molecule has 1 aromatic rings. The molecule has 4 nitrogen and oxygen atoms in total. The first-order chi connectivity index (χ1) is 9.40. The summed E-state index contributed by atoms with van der Waals surface area (Å²) in [7, 11) is -3.88. The third-order valence-corrected chi connectivity index (χ3v) is 7.70. The monoisotopic (exact) mass is 400 g/mol. The van der Waals surface area contributed by atoms with Crippen LogP contribution in [-0.2, 0) is 10.0 Å². The summed E-state index contributed by atoms with van der Waals surface area (Å²) in [6.45, 7) is 0.301. The Hall–Kier alpha value is 0.0400. The van der Waals surface area contributed by atoms with Crippen LogP contribution in [0.25, 0.3) is 0 Å². The second-order valence-electron chi connectivity index (χ2n) is 4.22. The van der Waals surface area contributed by atoms with Gasteiger partial charge >= 0.3 is 0 Å². The second-order valence-corrected chi connectivity index (χ2v) is 9.37. The molecule has 0 amide bonds. The Balaban J connectivity index is 2.11. The number of anilines is 1. The van der Waals surface area contributed by atoms with Gasteiger partial charge in [0.1, 0.15) is 10.7 Å². The molecule has 1 aliphatic heterocycles. The Morgan fingerprint density at radius 1 is 1.45 bits per heavy atom. The van der Waals surface area contributed by atoms with Gasteiger partial charge < -0.3 is 5.73 Å². The summed E-state index contributed by atoms with van der Waals surface area (Å²) in [5.41, 5.74) is 5.80. The minimum atomic E-state index is -3.88. The molecule has 20 heavy (non-hydrogen) atoms. The lowest BCUT2D eigenvalue weighted by Crippen LogP contribution is -2.33. The molecule has 1 saturated heterocycles. The van der Waals surface area contributed by atoms with Crippen molar-refractivity contribution in [1.29, 1.82) is 0 Å². The van der Waals surface area contributed by atoms with Gasteiger partial charge in [0.2, 0.25) is 10.0 Å². The van der Waals surface area contributed by atoms with Crippen molar-refractivity contribution in [1.82, 2.24) is 4.72 Å². The van der Waals surface area contributed by atoms with Gasteiger partial charge in [0.25, 0.3) is 0 Å². The molecule has 1 aliphatic rings. The Bertz CT molecular complexity index is 592. The third-order valence-electron chi connectivity index (χ3n) is 2.73. The highest BCUT2D eigenvalue weighted by atomic mass is 79.9. The van der Waals surface area contributed by atoms with Crippen LogP contribution in [0.4, 0.5) is 10.1 Å². The lowest BCUT2D eigenvalue weighted by atomic mass is 10.3. The van der Waals surface area contributed by atoms with Crippen LogP contribution >= 0.6 is 39.5 Å². The fourth-order valence-corrected chi connectivity index (χ4v) is 5.89. The van der Waals surface area contributed by atoms with Crippen LogP contribution in [-0.4, -0.2) is 37.5 Å². The van der Waals surface area contributed by atoms with Gasteiger partial charge in [0.15, 0.2) is 0 Å². The Kier molecular flexibility index (Phi) is 5.63. The molecule has 0 aliphatic carbocycles. The molecule has 0 aromatic heterocycles. The van der Waals surface area contributed by atoms with E-state index < -0.39 is 20.7 Å². The number of hydrogen-bond acceptors (Lipinski definition) is 5. The number of nitrogens with one attached hydrogen (secondary N) is 1. The van der Waals surface area contributed by atoms with Gasteiger partial charge in [-0.2, -0.15) is 23.5 Å². The predicted molar refractivity (Wildman–Crippen MR) is 87.3 cm³/mol. The first kappa shape index (κ1) is 16.4. The lowest BCUT2D eigenvalue weighted by molar-refractivity contribution is 0.557. The van der Waals surface area contributed by atoms with E-state index in [9.17, 15) is 12.8 Å². The van der Waals surface area contributed by atoms with Gasteiger partial charge in [-0.3, -0.25) is 0 Å². The Morgan fingerprint density at radius 3 is 2.85 bits per heavy atom. The summed E-state index contributed by atoms with van der Waals surface area (Å²) in [5, 5.41) is 0.222. The first-order valence-electron chi connectivity index (χ1n) is 5.83. The largest absolute Gasteiger partial charge is 0.398 e. The van der Waals surface area contributed by atoms with E-state index in [4.69, 9.17) is 5.73 Å². The summed E-state index contributed by atoms with van der Waals surface area (Å²) in [5.74, 6) is 2.19. The molecule has 1 heterocycles. The van der Waals surface area contributed by atoms with Crippen LogP contribution in [0.3, 0.4) is 0 Å². The van der Waals surface area contributed by atoms with E-state index in [2.05, 4.69) is 20.7 Å². The normalized spacial score (nSPS) is 20.0. The fourth-order valence-electron chi connectivity index (χ4n) is 1.69. The van der Waals surface area contributed by atoms with E-state index in [-0.39, 0.29) is 10.9 Å². The number of thioether (sulfide) groups is 2. The van der Waals surface area contributed by atoms with Crippen molar-refractivity contribution < 1.29 is 12.8 Å². The van der Waals surface area contributed by atoms with Crippen molar-refractivity contribution in [2.45, 2.75) is 10.1 Å². The molecule has 1 unspecified atom stereocenters. The van der Waals surface area contributed by atoms with Gasteiger partial charge in [-0.05, 0) is 28.1 Å². The van der Waals surface area contributed by atoms with Crippen LogP contribution in [0.15, 0.2) is 21.5 Å². The number of sulfonamides is 1. The van der Waals surface area contributed by atoms with Crippen molar-refractivity contribution in [2.75, 3.05) is 29.5 Å². The molecule has 2 rings (SSSR count). The van der Waals surface area contributed by atoms with Crippen LogP contribution in [0.1, 0.15) is 0 Å². The molecule has 1 aromatic carbocycles. The van der Waals surface area contributed by atoms with Crippen molar-refractivity contribution in [3.8, 4) is 0 Å². The number of hydrogen-bond donors (Lipinski definition) is 2. The van der Waals surface area contributed by atoms with Crippen molar-refractivity contribution in [3.05, 3.63) is 22.4 Å². The smallest absolute Gasteiger partial charge is 0.243 e. The number of nitrogens with two attached hydrogens (primary N) is 1. The maximum Gasteiger partial charge on any atom is 0.243 e. The minimum absolute atomic E-state index is 0.189. The van der Waals surface area contributed by atoms with Crippen LogP contribution in [0.2, 0.25) is 0 Å². The topological polar surface area (TPSA) is 72.2 Å². The van der Waals surface area contributed by atoms with Gasteiger partial charge in [-0.1, -0.05) is 0 Å². The zero-order valence-electron chi connectivity index (χ0n) is 10.4. The average Bonchev–Trinajstić information content (AvgIpc) is 2.42. The molecule has 9 heteroatoms. The number of rotatable bonds is 4. The van der Waals surface area contributed by atoms with Crippen molar-refractivity contribution in [2.24, 2.45) is 0 Å². The number of halogens is 2. The quantitative estimate of drug-likeness (QED) is 0.758. The number of nitrogen functional groups attached to an aromatic ring is 1. The first-order valence-corrected chi connectivity index (χ1v) is 10.3. The van der Waals surface area contributed by atoms with Crippen molar-refractivity contribution in [3.63, 3.8) is 0 Å². The minimum Gasteiger partial charge on any atom is -0.398 e. The van der Waals surface area contributed by atoms with Gasteiger partial charge in [0, 0.05) is 39.2 Å². The van der Waals surface area contributed by atoms with Crippen LogP contribution in [0, 0.1) is 5.82 Å². The molecule has 0 saturated carbocycles. The average molecular weight is 401 g/mol. The molecular formula is C11H14BrFN2O2S3. The van der Waals surface area contributed by atoms with Gasteiger partial charge in [-0.15, -0.1) is 0 Å². The maximum absolute atomic E-state index is 13.8. The Morgan fingerprint density at radius 2 is 2.20 bits per heavy atom. The van der Waals surface area contributed by atoms with Crippen LogP contribution < -0.4 is 10.5 Å². The lowest BCUT2D eigenvalue weighted by Gasteiger charge is -2.21.